The van der Waals surface area contributed by atoms with Crippen LogP contribution < -0.4 is 10.6 Å². The van der Waals surface area contributed by atoms with E-state index in [2.05, 4.69) is 15.4 Å². The fraction of sp³-hybridized carbons (Fsp3) is 0.840. The van der Waals surface area contributed by atoms with E-state index in [-0.39, 0.29) is 49.0 Å². The first-order chi connectivity index (χ1) is 17.0. The second kappa shape index (κ2) is 12.6. The summed E-state index contributed by atoms with van der Waals surface area (Å²) in [5.74, 6) is -3.25. The zero-order chi connectivity index (χ0) is 28.1. The third-order valence-electron chi connectivity index (χ3n) is 7.16. The summed E-state index contributed by atoms with van der Waals surface area (Å²) in [6.45, 7) is 9.01. The lowest BCUT2D eigenvalue weighted by Gasteiger charge is -2.44. The predicted octanol–water partition coefficient (Wildman–Crippen LogP) is 2.16. The van der Waals surface area contributed by atoms with Crippen molar-refractivity contribution in [3.05, 3.63) is 0 Å². The van der Waals surface area contributed by atoms with E-state index in [1.165, 1.54) is 4.90 Å². The quantitative estimate of drug-likeness (QED) is 0.394. The molecule has 9 nitrogen and oxygen atoms in total. The molecule has 37 heavy (non-hydrogen) atoms. The van der Waals surface area contributed by atoms with E-state index in [1.54, 1.807) is 0 Å². The van der Waals surface area contributed by atoms with Gasteiger partial charge in [-0.05, 0) is 49.4 Å². The van der Waals surface area contributed by atoms with E-state index < -0.39 is 54.7 Å². The second-order valence-electron chi connectivity index (χ2n) is 11.6. The van der Waals surface area contributed by atoms with E-state index in [4.69, 9.17) is 0 Å². The largest absolute Gasteiger partial charge is 0.522 e. The molecule has 1 unspecified atom stereocenters. The molecular weight excluding hydrogens is 495 g/mol. The molecule has 0 bridgehead atoms. The number of piperidine rings is 1. The molecule has 0 aliphatic carbocycles. The zero-order valence-electron chi connectivity index (χ0n) is 22.2. The number of ketones is 1. The van der Waals surface area contributed by atoms with Gasteiger partial charge in [0.1, 0.15) is 18.8 Å². The predicted molar refractivity (Wildman–Crippen MR) is 128 cm³/mol. The molecule has 2 heterocycles. The number of likely N-dealkylation sites (tertiary alicyclic amines) is 1. The first kappa shape index (κ1) is 31.0. The van der Waals surface area contributed by atoms with Crippen LogP contribution in [0.5, 0.6) is 0 Å². The normalized spacial score (nSPS) is 24.5. The number of hydrogen-bond acceptors (Lipinski definition) is 6. The minimum atomic E-state index is -5.03. The molecule has 0 aromatic heterocycles. The van der Waals surface area contributed by atoms with Crippen LogP contribution in [0.3, 0.4) is 0 Å². The number of Topliss-reactive ketones (excluding diaryl/α,β-unsaturated/α-hetero) is 1. The van der Waals surface area contributed by atoms with Crippen molar-refractivity contribution in [1.29, 1.82) is 0 Å². The van der Waals surface area contributed by atoms with Crippen LogP contribution in [-0.2, 0) is 23.9 Å². The lowest BCUT2D eigenvalue weighted by atomic mass is 9.73. The molecule has 212 valence electrons. The third-order valence-corrected chi connectivity index (χ3v) is 7.16. The molecule has 2 saturated heterocycles. The van der Waals surface area contributed by atoms with Crippen LogP contribution in [-0.4, -0.2) is 77.8 Å². The van der Waals surface area contributed by atoms with Crippen molar-refractivity contribution in [2.24, 2.45) is 23.2 Å². The van der Waals surface area contributed by atoms with Gasteiger partial charge in [0.15, 0.2) is 5.78 Å². The number of nitrogens with one attached hydrogen (secondary N) is 2. The van der Waals surface area contributed by atoms with Gasteiger partial charge in [-0.1, -0.05) is 34.6 Å². The van der Waals surface area contributed by atoms with Gasteiger partial charge in [0, 0.05) is 19.0 Å². The Morgan fingerprint density at radius 2 is 1.84 bits per heavy atom. The number of halogens is 3. The molecule has 2 rings (SSSR count). The number of nitrogens with zero attached hydrogens (tertiary/aromatic N) is 1. The van der Waals surface area contributed by atoms with Crippen LogP contribution in [0.2, 0.25) is 0 Å². The number of carbonyl (C=O) groups is 4. The van der Waals surface area contributed by atoms with Gasteiger partial charge >= 0.3 is 6.36 Å². The van der Waals surface area contributed by atoms with Gasteiger partial charge < -0.3 is 20.6 Å². The maximum absolute atomic E-state index is 13.5. The molecule has 5 atom stereocenters. The summed E-state index contributed by atoms with van der Waals surface area (Å²) < 4.78 is 41.4. The molecule has 0 spiro atoms. The van der Waals surface area contributed by atoms with Crippen molar-refractivity contribution in [1.82, 2.24) is 15.5 Å². The van der Waals surface area contributed by atoms with Gasteiger partial charge in [-0.25, -0.2) is 0 Å². The summed E-state index contributed by atoms with van der Waals surface area (Å²) in [4.78, 5) is 52.6. The van der Waals surface area contributed by atoms with Gasteiger partial charge in [-0.15, -0.1) is 13.2 Å². The van der Waals surface area contributed by atoms with Crippen LogP contribution in [0.15, 0.2) is 0 Å². The molecule has 2 fully saturated rings. The minimum Gasteiger partial charge on any atom is -0.383 e. The summed E-state index contributed by atoms with van der Waals surface area (Å²) in [7, 11) is 0. The van der Waals surface area contributed by atoms with Gasteiger partial charge in [0.25, 0.3) is 5.91 Å². The van der Waals surface area contributed by atoms with Crippen molar-refractivity contribution < 1.29 is 42.2 Å². The molecule has 0 aromatic carbocycles. The Hall–Kier alpha value is -2.21. The maximum atomic E-state index is 13.5. The standard InChI is InChI=1S/C25H40F3N3O6/c1-14(2)10-19(32)23(36)31-9-7-16(24(3,4)5)12-18(31)22(35)30-17(11-15-6-8-29-21(15)34)20(33)13-37-25(26,27)28/h14-19,32H,6-13H2,1-5H3,(H,29,34)(H,30,35)/t15-,16?,17-,18-,19+/m0/s1. The van der Waals surface area contributed by atoms with Crippen LogP contribution in [0.1, 0.15) is 66.7 Å². The first-order valence-electron chi connectivity index (χ1n) is 12.8. The lowest BCUT2D eigenvalue weighted by molar-refractivity contribution is -0.321. The van der Waals surface area contributed by atoms with Gasteiger partial charge in [-0.3, -0.25) is 23.9 Å². The minimum absolute atomic E-state index is 0.0338. The van der Waals surface area contributed by atoms with E-state index in [0.29, 0.717) is 19.4 Å². The topological polar surface area (TPSA) is 125 Å². The summed E-state index contributed by atoms with van der Waals surface area (Å²) >= 11 is 0. The SMILES string of the molecule is CC(C)C[C@@H](O)C(=O)N1CCC(C(C)(C)C)C[C@H]1C(=O)N[C@@H](C[C@@H]1CCNC1=O)C(=O)COC(F)(F)F. The summed E-state index contributed by atoms with van der Waals surface area (Å²) in [6.07, 6.45) is -5.07. The van der Waals surface area contributed by atoms with E-state index in [9.17, 15) is 37.5 Å². The lowest BCUT2D eigenvalue weighted by Crippen LogP contribution is -2.59. The molecule has 2 aliphatic rings. The van der Waals surface area contributed by atoms with Gasteiger partial charge in [0.2, 0.25) is 11.8 Å². The van der Waals surface area contributed by atoms with Crippen molar-refractivity contribution in [3.8, 4) is 0 Å². The summed E-state index contributed by atoms with van der Waals surface area (Å²) in [5, 5.41) is 15.6. The number of hydrogen-bond donors (Lipinski definition) is 3. The Bertz CT molecular complexity index is 843. The number of rotatable bonds is 10. The fourth-order valence-electron chi connectivity index (χ4n) is 4.95. The average Bonchev–Trinajstić information content (AvgIpc) is 3.18. The van der Waals surface area contributed by atoms with Crippen LogP contribution >= 0.6 is 0 Å². The number of aliphatic hydroxyl groups is 1. The van der Waals surface area contributed by atoms with Gasteiger partial charge in [0.05, 0.1) is 6.04 Å². The van der Waals surface area contributed by atoms with Crippen LogP contribution in [0.25, 0.3) is 0 Å². The Morgan fingerprint density at radius 3 is 2.35 bits per heavy atom. The number of alkyl halides is 3. The molecule has 0 aromatic rings. The molecule has 2 aliphatic heterocycles. The smallest absolute Gasteiger partial charge is 0.383 e. The van der Waals surface area contributed by atoms with E-state index >= 15 is 0 Å². The molecule has 0 saturated carbocycles. The van der Waals surface area contributed by atoms with Crippen molar-refractivity contribution in [3.63, 3.8) is 0 Å². The van der Waals surface area contributed by atoms with Gasteiger partial charge in [-0.2, -0.15) is 0 Å². The maximum Gasteiger partial charge on any atom is 0.522 e. The summed E-state index contributed by atoms with van der Waals surface area (Å²) in [5.41, 5.74) is -0.193. The average molecular weight is 536 g/mol. The van der Waals surface area contributed by atoms with Crippen LogP contribution in [0, 0.1) is 23.2 Å². The highest BCUT2D eigenvalue weighted by Crippen LogP contribution is 2.37. The fourth-order valence-corrected chi connectivity index (χ4v) is 4.95. The number of carbonyl (C=O) groups excluding carboxylic acids is 4. The Labute approximate surface area is 215 Å². The molecule has 0 radical (unpaired) electrons. The van der Waals surface area contributed by atoms with Crippen LogP contribution in [0.4, 0.5) is 13.2 Å². The Morgan fingerprint density at radius 1 is 1.19 bits per heavy atom. The van der Waals surface area contributed by atoms with E-state index in [1.807, 2.05) is 34.6 Å². The van der Waals surface area contributed by atoms with Crippen molar-refractivity contribution in [2.45, 2.75) is 91.3 Å². The molecular formula is C25H40F3N3O6. The molecule has 12 heteroatoms. The number of amides is 3. The number of aliphatic hydroxyl groups excluding tert-OH is 1. The molecule has 3 amide bonds. The molecule has 3 N–H and O–H groups in total. The zero-order valence-corrected chi connectivity index (χ0v) is 22.2. The Kier molecular flexibility index (Phi) is 10.5. The summed E-state index contributed by atoms with van der Waals surface area (Å²) in [6, 6.07) is -2.43. The highest BCUT2D eigenvalue weighted by Gasteiger charge is 2.43. The Balaban J connectivity index is 2.27. The highest BCUT2D eigenvalue weighted by molar-refractivity contribution is 5.94. The first-order valence-corrected chi connectivity index (χ1v) is 12.8. The monoisotopic (exact) mass is 535 g/mol. The second-order valence-corrected chi connectivity index (χ2v) is 11.6. The number of ether oxygens (including phenoxy) is 1. The van der Waals surface area contributed by atoms with Crippen molar-refractivity contribution >= 4 is 23.5 Å². The van der Waals surface area contributed by atoms with E-state index in [0.717, 1.165) is 0 Å². The third kappa shape index (κ3) is 9.24. The highest BCUT2D eigenvalue weighted by atomic mass is 19.4. The van der Waals surface area contributed by atoms with Crippen molar-refractivity contribution in [2.75, 3.05) is 19.7 Å².